The summed E-state index contributed by atoms with van der Waals surface area (Å²) >= 11 is 0. The fourth-order valence-corrected chi connectivity index (χ4v) is 3.31. The smallest absolute Gasteiger partial charge is 0.407 e. The highest BCUT2D eigenvalue weighted by atomic mass is 16.7. The van der Waals surface area contributed by atoms with Gasteiger partial charge in [-0.15, -0.1) is 0 Å². The largest absolute Gasteiger partial charge is 0.493 e. The minimum absolute atomic E-state index is 0.0631. The summed E-state index contributed by atoms with van der Waals surface area (Å²) in [6.45, 7) is 0.0631. The minimum Gasteiger partial charge on any atom is -0.493 e. The molecule has 1 aromatic rings. The maximum Gasteiger partial charge on any atom is 0.407 e. The van der Waals surface area contributed by atoms with Gasteiger partial charge in [-0.05, 0) is 24.1 Å². The predicted molar refractivity (Wildman–Crippen MR) is 83.8 cm³/mol. The van der Waals surface area contributed by atoms with E-state index in [1.807, 2.05) is 0 Å². The van der Waals surface area contributed by atoms with Crippen LogP contribution in [0.15, 0.2) is 12.1 Å². The Bertz CT molecular complexity index is 651. The first kappa shape index (κ1) is 17.6. The molecule has 1 fully saturated rings. The van der Waals surface area contributed by atoms with Crippen molar-refractivity contribution in [3.05, 3.63) is 17.7 Å². The quantitative estimate of drug-likeness (QED) is 0.583. The molecular weight excluding hydrogens is 334 g/mol. The number of aliphatic hydroxyl groups is 3. The van der Waals surface area contributed by atoms with E-state index in [-0.39, 0.29) is 13.2 Å². The standard InChI is InChI=1S/C16H21NO8/c1-22-10-3-7(4-11-15(10)25-6-24-11)8-5-9(18)13(19)14(20)12(8)17-16(21)23-2/h3-4,8-9,12-14,18-20H,5-6H2,1-2H3,(H,17,21)/t8?,9-,12+,13+,14-/m0/s1. The van der Waals surface area contributed by atoms with Gasteiger partial charge in [-0.2, -0.15) is 0 Å². The lowest BCUT2D eigenvalue weighted by Gasteiger charge is -2.41. The van der Waals surface area contributed by atoms with Crippen LogP contribution < -0.4 is 19.5 Å². The first-order valence-corrected chi connectivity index (χ1v) is 7.82. The molecule has 9 heteroatoms. The van der Waals surface area contributed by atoms with E-state index in [4.69, 9.17) is 14.2 Å². The average Bonchev–Trinajstić information content (AvgIpc) is 3.09. The number of hydrogen-bond acceptors (Lipinski definition) is 8. The van der Waals surface area contributed by atoms with E-state index in [0.29, 0.717) is 22.8 Å². The molecule has 3 rings (SSSR count). The topological polar surface area (TPSA) is 127 Å². The molecule has 0 aromatic heterocycles. The third kappa shape index (κ3) is 3.17. The molecule has 25 heavy (non-hydrogen) atoms. The summed E-state index contributed by atoms with van der Waals surface area (Å²) in [5.74, 6) is 0.884. The van der Waals surface area contributed by atoms with Crippen LogP contribution in [0.1, 0.15) is 17.9 Å². The lowest BCUT2D eigenvalue weighted by atomic mass is 9.75. The number of methoxy groups -OCH3 is 2. The molecule has 138 valence electrons. The van der Waals surface area contributed by atoms with E-state index in [1.165, 1.54) is 14.2 Å². The number of rotatable bonds is 3. The monoisotopic (exact) mass is 355 g/mol. The number of aliphatic hydroxyl groups excluding tert-OH is 3. The van der Waals surface area contributed by atoms with Gasteiger partial charge in [-0.25, -0.2) is 4.79 Å². The molecule has 1 aliphatic carbocycles. The molecule has 1 unspecified atom stereocenters. The van der Waals surface area contributed by atoms with Crippen molar-refractivity contribution >= 4 is 6.09 Å². The number of alkyl carbamates (subject to hydrolysis) is 1. The van der Waals surface area contributed by atoms with Gasteiger partial charge in [0.05, 0.1) is 26.4 Å². The molecule has 4 N–H and O–H groups in total. The number of ether oxygens (including phenoxy) is 4. The molecule has 1 saturated carbocycles. The summed E-state index contributed by atoms with van der Waals surface area (Å²) in [5, 5.41) is 32.9. The number of fused-ring (bicyclic) bond motifs is 1. The zero-order chi connectivity index (χ0) is 18.1. The number of amides is 1. The summed E-state index contributed by atoms with van der Waals surface area (Å²) in [6.07, 6.45) is -4.52. The van der Waals surface area contributed by atoms with Crippen LogP contribution in [0.4, 0.5) is 4.79 Å². The van der Waals surface area contributed by atoms with Crippen LogP contribution in [-0.4, -0.2) is 66.8 Å². The lowest BCUT2D eigenvalue weighted by molar-refractivity contribution is -0.104. The highest BCUT2D eigenvalue weighted by Crippen LogP contribution is 2.45. The SMILES string of the molecule is COC(=O)N[C@@H]1C(c2cc(OC)c3c(c2)OCO3)C[C@H](O)[C@@H](O)[C@H]1O. The molecule has 9 nitrogen and oxygen atoms in total. The summed E-state index contributed by atoms with van der Waals surface area (Å²) < 4.78 is 20.7. The van der Waals surface area contributed by atoms with Gasteiger partial charge in [0.1, 0.15) is 12.2 Å². The Morgan fingerprint density at radius 1 is 1.20 bits per heavy atom. The maximum absolute atomic E-state index is 11.6. The number of benzene rings is 1. The van der Waals surface area contributed by atoms with E-state index in [2.05, 4.69) is 10.1 Å². The Balaban J connectivity index is 1.98. The van der Waals surface area contributed by atoms with Gasteiger partial charge in [-0.1, -0.05) is 0 Å². The maximum atomic E-state index is 11.6. The molecule has 0 spiro atoms. The first-order chi connectivity index (χ1) is 12.0. The van der Waals surface area contributed by atoms with E-state index in [9.17, 15) is 20.1 Å². The minimum atomic E-state index is -1.38. The summed E-state index contributed by atoms with van der Waals surface area (Å²) in [5.41, 5.74) is 0.660. The second-order valence-corrected chi connectivity index (χ2v) is 6.01. The fourth-order valence-electron chi connectivity index (χ4n) is 3.31. The van der Waals surface area contributed by atoms with Crippen molar-refractivity contribution in [1.82, 2.24) is 5.32 Å². The van der Waals surface area contributed by atoms with Crippen LogP contribution in [0.5, 0.6) is 17.2 Å². The summed E-state index contributed by atoms with van der Waals surface area (Å²) in [6, 6.07) is 2.54. The van der Waals surface area contributed by atoms with Gasteiger partial charge < -0.3 is 39.6 Å². The van der Waals surface area contributed by atoms with Crippen LogP contribution in [0, 0.1) is 0 Å². The zero-order valence-electron chi connectivity index (χ0n) is 13.8. The molecular formula is C16H21NO8. The normalized spacial score (nSPS) is 30.7. The zero-order valence-corrected chi connectivity index (χ0v) is 13.8. The molecule has 5 atom stereocenters. The van der Waals surface area contributed by atoms with Gasteiger partial charge in [0.25, 0.3) is 0 Å². The van der Waals surface area contributed by atoms with Crippen molar-refractivity contribution < 1.29 is 39.1 Å². The van der Waals surface area contributed by atoms with Gasteiger partial charge in [0.15, 0.2) is 11.5 Å². The number of carbonyl (C=O) groups excluding carboxylic acids is 1. The highest BCUT2D eigenvalue weighted by molar-refractivity contribution is 5.68. The highest BCUT2D eigenvalue weighted by Gasteiger charge is 2.45. The van der Waals surface area contributed by atoms with Gasteiger partial charge in [0.2, 0.25) is 12.5 Å². The van der Waals surface area contributed by atoms with Crippen molar-refractivity contribution in [3.63, 3.8) is 0 Å². The average molecular weight is 355 g/mol. The second kappa shape index (κ2) is 6.95. The van der Waals surface area contributed by atoms with Crippen LogP contribution in [0.2, 0.25) is 0 Å². The van der Waals surface area contributed by atoms with E-state index < -0.39 is 36.4 Å². The van der Waals surface area contributed by atoms with Crippen LogP contribution >= 0.6 is 0 Å². The Morgan fingerprint density at radius 3 is 2.64 bits per heavy atom. The van der Waals surface area contributed by atoms with Crippen LogP contribution in [0.3, 0.4) is 0 Å². The number of hydrogen-bond donors (Lipinski definition) is 4. The predicted octanol–water partition coefficient (Wildman–Crippen LogP) is -0.282. The molecule has 1 aliphatic heterocycles. The van der Waals surface area contributed by atoms with Crippen molar-refractivity contribution in [1.29, 1.82) is 0 Å². The van der Waals surface area contributed by atoms with Crippen molar-refractivity contribution in [2.24, 2.45) is 0 Å². The third-order valence-corrected chi connectivity index (χ3v) is 4.62. The second-order valence-electron chi connectivity index (χ2n) is 6.01. The number of carbonyl (C=O) groups is 1. The summed E-state index contributed by atoms with van der Waals surface area (Å²) in [4.78, 5) is 11.6. The van der Waals surface area contributed by atoms with Crippen molar-refractivity contribution in [3.8, 4) is 17.2 Å². The van der Waals surface area contributed by atoms with E-state index in [1.54, 1.807) is 12.1 Å². The van der Waals surface area contributed by atoms with Crippen LogP contribution in [0.25, 0.3) is 0 Å². The van der Waals surface area contributed by atoms with E-state index >= 15 is 0 Å². The Labute approximate surface area is 144 Å². The molecule has 1 heterocycles. The third-order valence-electron chi connectivity index (χ3n) is 4.62. The van der Waals surface area contributed by atoms with E-state index in [0.717, 1.165) is 0 Å². The Kier molecular flexibility index (Phi) is 4.89. The molecule has 2 aliphatic rings. The van der Waals surface area contributed by atoms with Crippen LogP contribution in [-0.2, 0) is 4.74 Å². The van der Waals surface area contributed by atoms with Gasteiger partial charge in [-0.3, -0.25) is 0 Å². The lowest BCUT2D eigenvalue weighted by Crippen LogP contribution is -2.59. The first-order valence-electron chi connectivity index (χ1n) is 7.82. The molecule has 1 amide bonds. The molecule has 0 radical (unpaired) electrons. The van der Waals surface area contributed by atoms with Crippen molar-refractivity contribution in [2.75, 3.05) is 21.0 Å². The van der Waals surface area contributed by atoms with Gasteiger partial charge in [0, 0.05) is 5.92 Å². The molecule has 0 bridgehead atoms. The molecule has 1 aromatic carbocycles. The fraction of sp³-hybridized carbons (Fsp3) is 0.562. The Hall–Kier alpha value is -2.23. The molecule has 0 saturated heterocycles. The van der Waals surface area contributed by atoms with Gasteiger partial charge >= 0.3 is 6.09 Å². The van der Waals surface area contributed by atoms with Crippen molar-refractivity contribution in [2.45, 2.75) is 36.7 Å². The number of nitrogens with one attached hydrogen (secondary N) is 1. The Morgan fingerprint density at radius 2 is 1.96 bits per heavy atom. The summed E-state index contributed by atoms with van der Waals surface area (Å²) in [7, 11) is 2.69.